The molecule has 0 bridgehead atoms. The van der Waals surface area contributed by atoms with E-state index in [1.54, 1.807) is 26.4 Å². The van der Waals surface area contributed by atoms with Crippen LogP contribution in [-0.4, -0.2) is 41.5 Å². The van der Waals surface area contributed by atoms with Gasteiger partial charge in [-0.05, 0) is 42.8 Å². The molecule has 0 radical (unpaired) electrons. The Balaban J connectivity index is 1.48. The highest BCUT2D eigenvalue weighted by molar-refractivity contribution is 7.14. The highest BCUT2D eigenvalue weighted by atomic mass is 32.1. The molecule has 0 aliphatic carbocycles. The lowest BCUT2D eigenvalue weighted by Crippen LogP contribution is -2.22. The predicted molar refractivity (Wildman–Crippen MR) is 132 cm³/mol. The number of nitrogens with one attached hydrogen (secondary N) is 1. The van der Waals surface area contributed by atoms with Crippen LogP contribution < -0.4 is 10.1 Å². The second kappa shape index (κ2) is 12.2. The normalized spacial score (nSPS) is 10.7. The standard InChI is InChI=1S/C25H32N4O2S/c1-4-5-6-7-8-9-16-31-21-13-11-20(12-14-21)27-25-28-23(18-32-25)19-10-15-22(26-17-19)24(30)29(2)3/h10-15,17-18H,4-9,16H2,1-3H3,(H,27,28). The highest BCUT2D eigenvalue weighted by Gasteiger charge is 2.11. The number of unbranched alkanes of at least 4 members (excludes halogenated alkanes) is 5. The number of ether oxygens (including phenoxy) is 1. The van der Waals surface area contributed by atoms with Crippen molar-refractivity contribution in [2.75, 3.05) is 26.0 Å². The number of aromatic nitrogens is 2. The van der Waals surface area contributed by atoms with E-state index in [1.807, 2.05) is 35.7 Å². The molecule has 0 saturated heterocycles. The molecule has 0 spiro atoms. The maximum Gasteiger partial charge on any atom is 0.271 e. The number of hydrogen-bond donors (Lipinski definition) is 1. The number of carbonyl (C=O) groups is 1. The molecule has 1 N–H and O–H groups in total. The first-order valence-corrected chi connectivity index (χ1v) is 12.1. The van der Waals surface area contributed by atoms with Crippen LogP contribution in [-0.2, 0) is 0 Å². The molecular formula is C25H32N4O2S. The van der Waals surface area contributed by atoms with Crippen molar-refractivity contribution in [3.8, 4) is 17.0 Å². The molecule has 32 heavy (non-hydrogen) atoms. The van der Waals surface area contributed by atoms with Crippen molar-refractivity contribution in [2.45, 2.75) is 45.4 Å². The van der Waals surface area contributed by atoms with Crippen molar-refractivity contribution in [1.29, 1.82) is 0 Å². The van der Waals surface area contributed by atoms with Crippen LogP contribution in [0.5, 0.6) is 5.75 Å². The van der Waals surface area contributed by atoms with Gasteiger partial charge in [0.15, 0.2) is 5.13 Å². The van der Waals surface area contributed by atoms with Crippen LogP contribution >= 0.6 is 11.3 Å². The number of rotatable bonds is 12. The van der Waals surface area contributed by atoms with Gasteiger partial charge in [-0.3, -0.25) is 9.78 Å². The molecule has 6 nitrogen and oxygen atoms in total. The summed E-state index contributed by atoms with van der Waals surface area (Å²) < 4.78 is 5.85. The molecule has 1 amide bonds. The predicted octanol–water partition coefficient (Wildman–Crippen LogP) is 6.39. The third-order valence-corrected chi connectivity index (χ3v) is 5.82. The summed E-state index contributed by atoms with van der Waals surface area (Å²) in [5.74, 6) is 0.777. The minimum absolute atomic E-state index is 0.114. The molecule has 2 heterocycles. The summed E-state index contributed by atoms with van der Waals surface area (Å²) in [5.41, 5.74) is 3.09. The summed E-state index contributed by atoms with van der Waals surface area (Å²) in [6, 6.07) is 11.6. The van der Waals surface area contributed by atoms with Gasteiger partial charge in [-0.1, -0.05) is 39.0 Å². The van der Waals surface area contributed by atoms with E-state index < -0.39 is 0 Å². The van der Waals surface area contributed by atoms with Gasteiger partial charge in [0.1, 0.15) is 11.4 Å². The fourth-order valence-corrected chi connectivity index (χ4v) is 3.93. The lowest BCUT2D eigenvalue weighted by molar-refractivity contribution is 0.0822. The molecule has 0 atom stereocenters. The first-order valence-electron chi connectivity index (χ1n) is 11.2. The Morgan fingerprint density at radius 1 is 1.03 bits per heavy atom. The van der Waals surface area contributed by atoms with Gasteiger partial charge in [0.25, 0.3) is 5.91 Å². The van der Waals surface area contributed by atoms with Gasteiger partial charge < -0.3 is 15.0 Å². The summed E-state index contributed by atoms with van der Waals surface area (Å²) in [5, 5.41) is 6.11. The van der Waals surface area contributed by atoms with Gasteiger partial charge in [0.2, 0.25) is 0 Å². The molecule has 0 unspecified atom stereocenters. The number of pyridine rings is 1. The van der Waals surface area contributed by atoms with Gasteiger partial charge in [-0.2, -0.15) is 0 Å². The SMILES string of the molecule is CCCCCCCCOc1ccc(Nc2nc(-c3ccc(C(=O)N(C)C)nc3)cs2)cc1. The van der Waals surface area contributed by atoms with Crippen molar-refractivity contribution >= 4 is 28.1 Å². The van der Waals surface area contributed by atoms with E-state index in [0.717, 1.165) is 40.9 Å². The Morgan fingerprint density at radius 3 is 2.47 bits per heavy atom. The first-order chi connectivity index (χ1) is 15.6. The molecule has 0 aliphatic heterocycles. The smallest absolute Gasteiger partial charge is 0.271 e. The monoisotopic (exact) mass is 452 g/mol. The van der Waals surface area contributed by atoms with Crippen LogP contribution in [0.25, 0.3) is 11.3 Å². The molecule has 0 fully saturated rings. The molecule has 0 aliphatic rings. The van der Waals surface area contributed by atoms with E-state index in [1.165, 1.54) is 48.3 Å². The third kappa shape index (κ3) is 7.05. The number of hydrogen-bond acceptors (Lipinski definition) is 6. The Morgan fingerprint density at radius 2 is 1.78 bits per heavy atom. The van der Waals surface area contributed by atoms with Crippen molar-refractivity contribution in [3.63, 3.8) is 0 Å². The first kappa shape index (κ1) is 23.7. The van der Waals surface area contributed by atoms with Crippen LogP contribution in [0, 0.1) is 0 Å². The zero-order chi connectivity index (χ0) is 22.8. The van der Waals surface area contributed by atoms with E-state index in [0.29, 0.717) is 5.69 Å². The second-order valence-electron chi connectivity index (χ2n) is 7.94. The van der Waals surface area contributed by atoms with Crippen LogP contribution in [0.2, 0.25) is 0 Å². The molecule has 0 saturated carbocycles. The molecule has 3 rings (SSSR count). The number of anilines is 2. The van der Waals surface area contributed by atoms with Gasteiger partial charge in [0.05, 0.1) is 12.3 Å². The zero-order valence-corrected chi connectivity index (χ0v) is 20.0. The van der Waals surface area contributed by atoms with E-state index in [-0.39, 0.29) is 5.91 Å². The molecule has 7 heteroatoms. The number of carbonyl (C=O) groups excluding carboxylic acids is 1. The van der Waals surface area contributed by atoms with Crippen molar-refractivity contribution < 1.29 is 9.53 Å². The van der Waals surface area contributed by atoms with E-state index >= 15 is 0 Å². The number of amides is 1. The fourth-order valence-electron chi connectivity index (χ4n) is 3.20. The quantitative estimate of drug-likeness (QED) is 0.323. The molecule has 3 aromatic rings. The molecule has 1 aromatic carbocycles. The maximum atomic E-state index is 12.0. The highest BCUT2D eigenvalue weighted by Crippen LogP contribution is 2.27. The molecule has 170 valence electrons. The summed E-state index contributed by atoms with van der Waals surface area (Å²) in [6.45, 7) is 3.00. The van der Waals surface area contributed by atoms with Crippen molar-refractivity contribution in [2.24, 2.45) is 0 Å². The van der Waals surface area contributed by atoms with E-state index in [2.05, 4.69) is 22.2 Å². The molecular weight excluding hydrogens is 420 g/mol. The summed E-state index contributed by atoms with van der Waals surface area (Å²) in [7, 11) is 3.43. The lowest BCUT2D eigenvalue weighted by Gasteiger charge is -2.09. The van der Waals surface area contributed by atoms with Crippen LogP contribution in [0.1, 0.15) is 55.9 Å². The van der Waals surface area contributed by atoms with Gasteiger partial charge >= 0.3 is 0 Å². The summed E-state index contributed by atoms with van der Waals surface area (Å²) in [4.78, 5) is 22.4. The van der Waals surface area contributed by atoms with Crippen LogP contribution in [0.4, 0.5) is 10.8 Å². The van der Waals surface area contributed by atoms with Crippen LogP contribution in [0.3, 0.4) is 0 Å². The van der Waals surface area contributed by atoms with E-state index in [9.17, 15) is 4.79 Å². The van der Waals surface area contributed by atoms with Crippen molar-refractivity contribution in [1.82, 2.24) is 14.9 Å². The Bertz CT molecular complexity index is 968. The lowest BCUT2D eigenvalue weighted by atomic mass is 10.1. The maximum absolute atomic E-state index is 12.0. The third-order valence-electron chi connectivity index (χ3n) is 5.06. The minimum Gasteiger partial charge on any atom is -0.494 e. The van der Waals surface area contributed by atoms with Crippen LogP contribution in [0.15, 0.2) is 48.0 Å². The fraction of sp³-hybridized carbons (Fsp3) is 0.400. The summed E-state index contributed by atoms with van der Waals surface area (Å²) >= 11 is 1.53. The number of benzene rings is 1. The topological polar surface area (TPSA) is 67.3 Å². The Hall–Kier alpha value is -2.93. The summed E-state index contributed by atoms with van der Waals surface area (Å²) in [6.07, 6.45) is 9.25. The second-order valence-corrected chi connectivity index (χ2v) is 8.79. The average molecular weight is 453 g/mol. The van der Waals surface area contributed by atoms with E-state index in [4.69, 9.17) is 4.74 Å². The number of nitrogens with zero attached hydrogens (tertiary/aromatic N) is 3. The van der Waals surface area contributed by atoms with Crippen molar-refractivity contribution in [3.05, 3.63) is 53.7 Å². The van der Waals surface area contributed by atoms with Gasteiger partial charge in [-0.25, -0.2) is 4.98 Å². The zero-order valence-electron chi connectivity index (χ0n) is 19.1. The minimum atomic E-state index is -0.114. The molecule has 2 aromatic heterocycles. The number of thiazole rings is 1. The Kier molecular flexibility index (Phi) is 9.04. The largest absolute Gasteiger partial charge is 0.494 e. The van der Waals surface area contributed by atoms with Gasteiger partial charge in [-0.15, -0.1) is 11.3 Å². The Labute approximate surface area is 194 Å². The average Bonchev–Trinajstić information content (AvgIpc) is 3.27. The van der Waals surface area contributed by atoms with Gasteiger partial charge in [0, 0.05) is 36.9 Å².